The zero-order valence-electron chi connectivity index (χ0n) is 12.7. The highest BCUT2D eigenvalue weighted by molar-refractivity contribution is 5.20. The third-order valence-electron chi connectivity index (χ3n) is 3.20. The van der Waals surface area contributed by atoms with E-state index in [4.69, 9.17) is 4.74 Å². The fraction of sp³-hybridized carbons (Fsp3) is 0.647. The van der Waals surface area contributed by atoms with Crippen LogP contribution in [0.4, 0.5) is 0 Å². The van der Waals surface area contributed by atoms with Crippen LogP contribution in [0.1, 0.15) is 40.0 Å². The summed E-state index contributed by atoms with van der Waals surface area (Å²) in [4.78, 5) is 0. The lowest BCUT2D eigenvalue weighted by Crippen LogP contribution is -2.26. The van der Waals surface area contributed by atoms with E-state index in [9.17, 15) is 0 Å². The highest BCUT2D eigenvalue weighted by Gasteiger charge is 2.10. The molecule has 1 aromatic carbocycles. The SMILES string of the molecule is CCCNCC(CCOc1ccccc1)CC(C)C. The van der Waals surface area contributed by atoms with Gasteiger partial charge in [0.2, 0.25) is 0 Å². The molecule has 108 valence electrons. The predicted octanol–water partition coefficient (Wildman–Crippen LogP) is 4.12. The van der Waals surface area contributed by atoms with Crippen LogP contribution in [0.5, 0.6) is 5.75 Å². The van der Waals surface area contributed by atoms with Gasteiger partial charge in [-0.05, 0) is 56.3 Å². The van der Waals surface area contributed by atoms with Crippen molar-refractivity contribution < 1.29 is 4.74 Å². The minimum Gasteiger partial charge on any atom is -0.494 e. The number of benzene rings is 1. The van der Waals surface area contributed by atoms with Crippen molar-refractivity contribution in [3.05, 3.63) is 30.3 Å². The van der Waals surface area contributed by atoms with Crippen molar-refractivity contribution in [3.63, 3.8) is 0 Å². The minimum atomic E-state index is 0.718. The van der Waals surface area contributed by atoms with Crippen molar-refractivity contribution in [2.75, 3.05) is 19.7 Å². The molecule has 0 radical (unpaired) electrons. The van der Waals surface area contributed by atoms with Crippen molar-refractivity contribution in [1.29, 1.82) is 0 Å². The van der Waals surface area contributed by atoms with Crippen LogP contribution < -0.4 is 10.1 Å². The van der Waals surface area contributed by atoms with Gasteiger partial charge in [-0.1, -0.05) is 39.0 Å². The van der Waals surface area contributed by atoms with Gasteiger partial charge in [0, 0.05) is 0 Å². The Morgan fingerprint density at radius 3 is 2.53 bits per heavy atom. The van der Waals surface area contributed by atoms with Crippen molar-refractivity contribution in [1.82, 2.24) is 5.32 Å². The normalized spacial score (nSPS) is 12.6. The zero-order valence-corrected chi connectivity index (χ0v) is 12.7. The van der Waals surface area contributed by atoms with Crippen LogP contribution in [-0.2, 0) is 0 Å². The first-order valence-electron chi connectivity index (χ1n) is 7.61. The second-order valence-corrected chi connectivity index (χ2v) is 5.65. The van der Waals surface area contributed by atoms with Gasteiger partial charge in [-0.2, -0.15) is 0 Å². The number of ether oxygens (including phenoxy) is 1. The van der Waals surface area contributed by atoms with E-state index in [0.29, 0.717) is 0 Å². The first kappa shape index (κ1) is 16.0. The molecule has 1 unspecified atom stereocenters. The summed E-state index contributed by atoms with van der Waals surface area (Å²) < 4.78 is 5.80. The van der Waals surface area contributed by atoms with Crippen LogP contribution in [-0.4, -0.2) is 19.7 Å². The van der Waals surface area contributed by atoms with Gasteiger partial charge in [0.05, 0.1) is 6.61 Å². The molecule has 1 rings (SSSR count). The van der Waals surface area contributed by atoms with E-state index in [1.807, 2.05) is 30.3 Å². The van der Waals surface area contributed by atoms with Gasteiger partial charge in [-0.3, -0.25) is 0 Å². The molecule has 1 N–H and O–H groups in total. The van der Waals surface area contributed by atoms with Crippen LogP contribution in [0.2, 0.25) is 0 Å². The summed E-state index contributed by atoms with van der Waals surface area (Å²) >= 11 is 0. The summed E-state index contributed by atoms with van der Waals surface area (Å²) in [7, 11) is 0. The highest BCUT2D eigenvalue weighted by atomic mass is 16.5. The fourth-order valence-electron chi connectivity index (χ4n) is 2.31. The minimum absolute atomic E-state index is 0.718. The number of hydrogen-bond acceptors (Lipinski definition) is 2. The Morgan fingerprint density at radius 2 is 1.89 bits per heavy atom. The largest absolute Gasteiger partial charge is 0.494 e. The summed E-state index contributed by atoms with van der Waals surface area (Å²) in [5.41, 5.74) is 0. The first-order chi connectivity index (χ1) is 9.22. The van der Waals surface area contributed by atoms with Crippen molar-refractivity contribution in [3.8, 4) is 5.75 Å². The third kappa shape index (κ3) is 7.89. The van der Waals surface area contributed by atoms with Gasteiger partial charge in [0.1, 0.15) is 5.75 Å². The Labute approximate surface area is 118 Å². The molecule has 0 aliphatic carbocycles. The summed E-state index contributed by atoms with van der Waals surface area (Å²) in [5, 5.41) is 3.53. The molecule has 19 heavy (non-hydrogen) atoms. The molecule has 0 spiro atoms. The van der Waals surface area contributed by atoms with Crippen LogP contribution in [0.25, 0.3) is 0 Å². The monoisotopic (exact) mass is 263 g/mol. The molecule has 0 saturated carbocycles. The Kier molecular flexibility index (Phi) is 8.31. The lowest BCUT2D eigenvalue weighted by molar-refractivity contribution is 0.257. The van der Waals surface area contributed by atoms with E-state index in [-0.39, 0.29) is 0 Å². The number of rotatable bonds is 10. The van der Waals surface area contributed by atoms with Gasteiger partial charge < -0.3 is 10.1 Å². The molecule has 0 amide bonds. The molecule has 0 saturated heterocycles. The van der Waals surface area contributed by atoms with Crippen LogP contribution in [0, 0.1) is 11.8 Å². The van der Waals surface area contributed by atoms with Crippen molar-refractivity contribution in [2.45, 2.75) is 40.0 Å². The molecule has 0 fully saturated rings. The van der Waals surface area contributed by atoms with Gasteiger partial charge in [-0.15, -0.1) is 0 Å². The molecule has 1 atom stereocenters. The lowest BCUT2D eigenvalue weighted by Gasteiger charge is -2.19. The quantitative estimate of drug-likeness (QED) is 0.641. The van der Waals surface area contributed by atoms with E-state index < -0.39 is 0 Å². The standard InChI is InChI=1S/C17H29NO/c1-4-11-18-14-16(13-15(2)3)10-12-19-17-8-6-5-7-9-17/h5-9,15-16,18H,4,10-14H2,1-3H3. The Bertz CT molecular complexity index is 310. The van der Waals surface area contributed by atoms with Gasteiger partial charge in [0.15, 0.2) is 0 Å². The molecule has 0 bridgehead atoms. The summed E-state index contributed by atoms with van der Waals surface area (Å²) in [6.45, 7) is 9.85. The lowest BCUT2D eigenvalue weighted by atomic mass is 9.94. The molecule has 0 aromatic heterocycles. The maximum atomic E-state index is 5.80. The van der Waals surface area contributed by atoms with Crippen molar-refractivity contribution >= 4 is 0 Å². The van der Waals surface area contributed by atoms with Crippen LogP contribution in [0.15, 0.2) is 30.3 Å². The second-order valence-electron chi connectivity index (χ2n) is 5.65. The van der Waals surface area contributed by atoms with Crippen LogP contribution >= 0.6 is 0 Å². The summed E-state index contributed by atoms with van der Waals surface area (Å²) in [6, 6.07) is 10.1. The molecular weight excluding hydrogens is 234 g/mol. The Balaban J connectivity index is 2.27. The Morgan fingerprint density at radius 1 is 1.16 bits per heavy atom. The smallest absolute Gasteiger partial charge is 0.119 e. The zero-order chi connectivity index (χ0) is 13.9. The molecule has 1 aromatic rings. The first-order valence-corrected chi connectivity index (χ1v) is 7.61. The van der Waals surface area contributed by atoms with E-state index in [0.717, 1.165) is 43.7 Å². The molecule has 0 aliphatic heterocycles. The van der Waals surface area contributed by atoms with Crippen LogP contribution in [0.3, 0.4) is 0 Å². The van der Waals surface area contributed by atoms with E-state index in [1.54, 1.807) is 0 Å². The van der Waals surface area contributed by atoms with E-state index in [1.165, 1.54) is 12.8 Å². The van der Waals surface area contributed by atoms with Gasteiger partial charge in [0.25, 0.3) is 0 Å². The van der Waals surface area contributed by atoms with Crippen molar-refractivity contribution in [2.24, 2.45) is 11.8 Å². The average molecular weight is 263 g/mol. The number of hydrogen-bond donors (Lipinski definition) is 1. The summed E-state index contributed by atoms with van der Waals surface area (Å²) in [5.74, 6) is 2.45. The predicted molar refractivity (Wildman–Crippen MR) is 82.7 cm³/mol. The van der Waals surface area contributed by atoms with Gasteiger partial charge >= 0.3 is 0 Å². The second kappa shape index (κ2) is 9.85. The number of para-hydroxylation sites is 1. The van der Waals surface area contributed by atoms with E-state index in [2.05, 4.69) is 26.1 Å². The summed E-state index contributed by atoms with van der Waals surface area (Å²) in [6.07, 6.45) is 3.60. The fourth-order valence-corrected chi connectivity index (χ4v) is 2.31. The topological polar surface area (TPSA) is 21.3 Å². The number of nitrogens with one attached hydrogen (secondary N) is 1. The van der Waals surface area contributed by atoms with E-state index >= 15 is 0 Å². The molecule has 0 heterocycles. The molecule has 2 nitrogen and oxygen atoms in total. The average Bonchev–Trinajstić information content (AvgIpc) is 2.39. The third-order valence-corrected chi connectivity index (χ3v) is 3.20. The molecule has 2 heteroatoms. The highest BCUT2D eigenvalue weighted by Crippen LogP contribution is 2.16. The molecular formula is C17H29NO. The Hall–Kier alpha value is -1.02. The maximum Gasteiger partial charge on any atom is 0.119 e. The molecule has 0 aliphatic rings. The maximum absolute atomic E-state index is 5.80. The van der Waals surface area contributed by atoms with Gasteiger partial charge in [-0.25, -0.2) is 0 Å².